The SMILES string of the molecule is Cc1ccc(/C=N\n2cnc3sc4c(c3c2=O)CCCC4)o1. The number of hydrogen-bond acceptors (Lipinski definition) is 5. The fraction of sp³-hybridized carbons (Fsp3) is 0.312. The second-order valence-corrected chi connectivity index (χ2v) is 6.56. The molecule has 0 aromatic carbocycles. The van der Waals surface area contributed by atoms with Gasteiger partial charge in [-0.2, -0.15) is 9.78 Å². The second-order valence-electron chi connectivity index (χ2n) is 5.48. The highest BCUT2D eigenvalue weighted by Crippen LogP contribution is 2.33. The van der Waals surface area contributed by atoms with Crippen LogP contribution in [0.15, 0.2) is 32.8 Å². The first kappa shape index (κ1) is 13.5. The Morgan fingerprint density at radius 1 is 1.36 bits per heavy atom. The van der Waals surface area contributed by atoms with E-state index >= 15 is 0 Å². The Balaban J connectivity index is 1.80. The summed E-state index contributed by atoms with van der Waals surface area (Å²) in [6, 6.07) is 3.68. The molecule has 0 saturated heterocycles. The molecule has 0 saturated carbocycles. The summed E-state index contributed by atoms with van der Waals surface area (Å²) in [5.41, 5.74) is 1.09. The lowest BCUT2D eigenvalue weighted by Gasteiger charge is -2.09. The molecular formula is C16H15N3O2S. The number of rotatable bonds is 2. The van der Waals surface area contributed by atoms with Crippen LogP contribution in [0.1, 0.15) is 34.8 Å². The van der Waals surface area contributed by atoms with Crippen molar-refractivity contribution in [1.82, 2.24) is 9.66 Å². The van der Waals surface area contributed by atoms with E-state index in [0.717, 1.165) is 35.2 Å². The molecule has 3 heterocycles. The van der Waals surface area contributed by atoms with Crippen LogP contribution in [0.5, 0.6) is 0 Å². The van der Waals surface area contributed by atoms with Crippen LogP contribution in [0.25, 0.3) is 10.2 Å². The lowest BCUT2D eigenvalue weighted by Crippen LogP contribution is -2.17. The highest BCUT2D eigenvalue weighted by molar-refractivity contribution is 7.18. The molecule has 0 unspecified atom stereocenters. The first-order valence-electron chi connectivity index (χ1n) is 7.35. The summed E-state index contributed by atoms with van der Waals surface area (Å²) in [6.07, 6.45) is 7.40. The van der Waals surface area contributed by atoms with Gasteiger partial charge in [0, 0.05) is 4.88 Å². The quantitative estimate of drug-likeness (QED) is 0.683. The van der Waals surface area contributed by atoms with E-state index in [1.165, 1.54) is 27.9 Å². The van der Waals surface area contributed by atoms with Gasteiger partial charge < -0.3 is 4.42 Å². The van der Waals surface area contributed by atoms with Crippen molar-refractivity contribution in [3.63, 3.8) is 0 Å². The summed E-state index contributed by atoms with van der Waals surface area (Å²) in [5, 5.41) is 4.94. The topological polar surface area (TPSA) is 60.4 Å². The summed E-state index contributed by atoms with van der Waals surface area (Å²) >= 11 is 1.65. The number of aryl methyl sites for hydroxylation is 3. The maximum Gasteiger partial charge on any atom is 0.282 e. The van der Waals surface area contributed by atoms with E-state index in [0.29, 0.717) is 5.76 Å². The number of thiophene rings is 1. The molecule has 0 spiro atoms. The largest absolute Gasteiger partial charge is 0.460 e. The van der Waals surface area contributed by atoms with Crippen LogP contribution < -0.4 is 5.56 Å². The van der Waals surface area contributed by atoms with Gasteiger partial charge in [0.1, 0.15) is 22.7 Å². The standard InChI is InChI=1S/C16H15N3O2S/c1-10-6-7-11(21-10)8-18-19-9-17-15-14(16(19)20)12-4-2-3-5-13(12)22-15/h6-9H,2-5H2,1H3/b18-8-. The molecule has 0 N–H and O–H groups in total. The van der Waals surface area contributed by atoms with Gasteiger partial charge in [0.15, 0.2) is 0 Å². The number of furan rings is 1. The monoisotopic (exact) mass is 313 g/mol. The zero-order chi connectivity index (χ0) is 15.1. The minimum Gasteiger partial charge on any atom is -0.460 e. The molecule has 4 rings (SSSR count). The summed E-state index contributed by atoms with van der Waals surface area (Å²) < 4.78 is 6.72. The lowest BCUT2D eigenvalue weighted by molar-refractivity contribution is 0.527. The van der Waals surface area contributed by atoms with Gasteiger partial charge in [-0.05, 0) is 50.3 Å². The van der Waals surface area contributed by atoms with Gasteiger partial charge in [-0.3, -0.25) is 4.79 Å². The molecule has 5 nitrogen and oxygen atoms in total. The van der Waals surface area contributed by atoms with Gasteiger partial charge in [-0.1, -0.05) is 0 Å². The zero-order valence-electron chi connectivity index (χ0n) is 12.2. The Bertz CT molecular complexity index is 933. The fourth-order valence-corrected chi connectivity index (χ4v) is 4.08. The molecule has 22 heavy (non-hydrogen) atoms. The van der Waals surface area contributed by atoms with E-state index in [-0.39, 0.29) is 5.56 Å². The Labute approximate surface area is 130 Å². The van der Waals surface area contributed by atoms with Crippen molar-refractivity contribution >= 4 is 27.8 Å². The molecule has 0 aliphatic heterocycles. The molecule has 0 bridgehead atoms. The van der Waals surface area contributed by atoms with Crippen LogP contribution in [-0.4, -0.2) is 15.9 Å². The third-order valence-electron chi connectivity index (χ3n) is 3.93. The average Bonchev–Trinajstić information content (AvgIpc) is 3.10. The van der Waals surface area contributed by atoms with Crippen molar-refractivity contribution < 1.29 is 4.42 Å². The van der Waals surface area contributed by atoms with Gasteiger partial charge in [0.2, 0.25) is 0 Å². The number of aromatic nitrogens is 2. The highest BCUT2D eigenvalue weighted by Gasteiger charge is 2.19. The van der Waals surface area contributed by atoms with Crippen molar-refractivity contribution in [3.05, 3.63) is 50.8 Å². The van der Waals surface area contributed by atoms with Gasteiger partial charge in [0.05, 0.1) is 11.6 Å². The Hall–Kier alpha value is -2.21. The highest BCUT2D eigenvalue weighted by atomic mass is 32.1. The molecule has 3 aromatic heterocycles. The molecule has 0 radical (unpaired) electrons. The zero-order valence-corrected chi connectivity index (χ0v) is 13.0. The van der Waals surface area contributed by atoms with E-state index in [2.05, 4.69) is 10.1 Å². The van der Waals surface area contributed by atoms with Gasteiger partial charge in [0.25, 0.3) is 5.56 Å². The Morgan fingerprint density at radius 2 is 2.23 bits per heavy atom. The third kappa shape index (κ3) is 2.20. The molecular weight excluding hydrogens is 298 g/mol. The van der Waals surface area contributed by atoms with Gasteiger partial charge in [-0.25, -0.2) is 4.98 Å². The predicted octanol–water partition coefficient (Wildman–Crippen LogP) is 3.12. The van der Waals surface area contributed by atoms with Gasteiger partial charge >= 0.3 is 0 Å². The maximum absolute atomic E-state index is 12.7. The van der Waals surface area contributed by atoms with Crippen LogP contribution >= 0.6 is 11.3 Å². The van der Waals surface area contributed by atoms with Crippen LogP contribution in [0.4, 0.5) is 0 Å². The van der Waals surface area contributed by atoms with Gasteiger partial charge in [-0.15, -0.1) is 11.3 Å². The fourth-order valence-electron chi connectivity index (χ4n) is 2.86. The van der Waals surface area contributed by atoms with E-state index in [9.17, 15) is 4.79 Å². The van der Waals surface area contributed by atoms with E-state index in [1.807, 2.05) is 19.1 Å². The smallest absolute Gasteiger partial charge is 0.282 e. The minimum atomic E-state index is -0.0936. The number of hydrogen-bond donors (Lipinski definition) is 0. The normalized spacial score (nSPS) is 14.8. The molecule has 0 fully saturated rings. The Morgan fingerprint density at radius 3 is 3.05 bits per heavy atom. The first-order chi connectivity index (χ1) is 10.7. The van der Waals surface area contributed by atoms with E-state index < -0.39 is 0 Å². The predicted molar refractivity (Wildman–Crippen MR) is 87.0 cm³/mol. The summed E-state index contributed by atoms with van der Waals surface area (Å²) in [6.45, 7) is 1.87. The number of fused-ring (bicyclic) bond motifs is 3. The number of nitrogens with zero attached hydrogens (tertiary/aromatic N) is 3. The maximum atomic E-state index is 12.7. The van der Waals surface area contributed by atoms with Crippen molar-refractivity contribution in [2.24, 2.45) is 5.10 Å². The molecule has 112 valence electrons. The second kappa shape index (κ2) is 5.21. The van der Waals surface area contributed by atoms with Crippen molar-refractivity contribution in [2.75, 3.05) is 0 Å². The van der Waals surface area contributed by atoms with Crippen molar-refractivity contribution in [3.8, 4) is 0 Å². The molecule has 6 heteroatoms. The van der Waals surface area contributed by atoms with Crippen LogP contribution in [-0.2, 0) is 12.8 Å². The lowest BCUT2D eigenvalue weighted by atomic mass is 9.97. The van der Waals surface area contributed by atoms with E-state index in [4.69, 9.17) is 4.42 Å². The minimum absolute atomic E-state index is 0.0936. The van der Waals surface area contributed by atoms with E-state index in [1.54, 1.807) is 17.6 Å². The molecule has 1 aliphatic rings. The van der Waals surface area contributed by atoms with Crippen LogP contribution in [0, 0.1) is 6.92 Å². The Kier molecular flexibility index (Phi) is 3.18. The molecule has 0 atom stereocenters. The van der Waals surface area contributed by atoms with Crippen LogP contribution in [0.3, 0.4) is 0 Å². The summed E-state index contributed by atoms with van der Waals surface area (Å²) in [4.78, 5) is 19.2. The van der Waals surface area contributed by atoms with Crippen LogP contribution in [0.2, 0.25) is 0 Å². The summed E-state index contributed by atoms with van der Waals surface area (Å²) in [5.74, 6) is 1.44. The van der Waals surface area contributed by atoms with Crippen molar-refractivity contribution in [2.45, 2.75) is 32.6 Å². The van der Waals surface area contributed by atoms with Crippen molar-refractivity contribution in [1.29, 1.82) is 0 Å². The molecule has 0 amide bonds. The third-order valence-corrected chi connectivity index (χ3v) is 5.13. The molecule has 3 aromatic rings. The summed E-state index contributed by atoms with van der Waals surface area (Å²) in [7, 11) is 0. The average molecular weight is 313 g/mol. The molecule has 1 aliphatic carbocycles. The first-order valence-corrected chi connectivity index (χ1v) is 8.17.